The summed E-state index contributed by atoms with van der Waals surface area (Å²) in [6.45, 7) is 19.4. The average Bonchev–Trinajstić information content (AvgIpc) is 2.86. The summed E-state index contributed by atoms with van der Waals surface area (Å²) in [5.41, 5.74) is 2.05. The fraction of sp³-hybridized carbons (Fsp3) is 0.500. The summed E-state index contributed by atoms with van der Waals surface area (Å²) in [6, 6.07) is 10.5. The molecule has 3 amide bonds. The average molecular weight is 527 g/mol. The third-order valence-electron chi connectivity index (χ3n) is 7.07. The molecule has 0 unspecified atom stereocenters. The molecule has 0 fully saturated rings. The first-order valence-electron chi connectivity index (χ1n) is 13.2. The third kappa shape index (κ3) is 6.72. The van der Waals surface area contributed by atoms with E-state index in [4.69, 9.17) is 9.47 Å². The van der Waals surface area contributed by atoms with Crippen LogP contribution in [-0.2, 0) is 4.74 Å². The molecule has 0 radical (unpaired) electrons. The minimum Gasteiger partial charge on any atom is -0.496 e. The number of rotatable bonds is 8. The zero-order valence-electron chi connectivity index (χ0n) is 24.7. The number of carbonyl (C=O) groups excluding carboxylic acids is 3. The zero-order valence-corrected chi connectivity index (χ0v) is 24.7. The minimum atomic E-state index is -0.942. The van der Waals surface area contributed by atoms with Gasteiger partial charge in [-0.15, -0.1) is 5.01 Å². The van der Waals surface area contributed by atoms with Gasteiger partial charge in [0.2, 0.25) is 6.73 Å². The highest BCUT2D eigenvalue weighted by atomic mass is 16.6. The highest BCUT2D eigenvalue weighted by Gasteiger charge is 2.42. The second-order valence-electron chi connectivity index (χ2n) is 10.7. The number of hydrogen-bond acceptors (Lipinski definition) is 5. The smallest absolute Gasteiger partial charge is 0.440 e. The van der Waals surface area contributed by atoms with Gasteiger partial charge in [0.15, 0.2) is 0 Å². The Labute approximate surface area is 227 Å². The number of nitrogens with zero attached hydrogens (tertiary/aromatic N) is 3. The lowest BCUT2D eigenvalue weighted by Crippen LogP contribution is -2.61. The molecule has 0 saturated carbocycles. The molecule has 8 heteroatoms. The topological polar surface area (TPSA) is 76.2 Å². The van der Waals surface area contributed by atoms with E-state index in [1.165, 1.54) is 12.1 Å². The standard InChI is InChI=1S/C30H44N3O5/c1-11-33(12-2,13-3)20-38-29(36)31(28(35)25-15-14-16-26(37-10)23(25)6)32(30(7,8)9)27(34)24-18-21(4)17-22(5)19-24/h14-19H,11-13,20H2,1-10H3/q+1. The minimum absolute atomic E-state index is 0.0823. The molecular weight excluding hydrogens is 482 g/mol. The van der Waals surface area contributed by atoms with Gasteiger partial charge < -0.3 is 9.47 Å². The lowest BCUT2D eigenvalue weighted by molar-refractivity contribution is -0.938. The van der Waals surface area contributed by atoms with E-state index in [0.29, 0.717) is 21.4 Å². The van der Waals surface area contributed by atoms with Crippen molar-refractivity contribution >= 4 is 17.9 Å². The van der Waals surface area contributed by atoms with Crippen molar-refractivity contribution in [3.05, 3.63) is 64.2 Å². The molecule has 2 rings (SSSR count). The molecule has 0 spiro atoms. The Morgan fingerprint density at radius 1 is 0.868 bits per heavy atom. The normalized spacial score (nSPS) is 11.6. The number of hydrogen-bond donors (Lipinski definition) is 0. The van der Waals surface area contributed by atoms with Crippen LogP contribution in [0.3, 0.4) is 0 Å². The van der Waals surface area contributed by atoms with Crippen molar-refractivity contribution < 1.29 is 28.3 Å². The molecule has 38 heavy (non-hydrogen) atoms. The van der Waals surface area contributed by atoms with Crippen LogP contribution in [0.15, 0.2) is 36.4 Å². The first-order chi connectivity index (χ1) is 17.7. The van der Waals surface area contributed by atoms with Crippen LogP contribution in [0.1, 0.15) is 78.9 Å². The molecule has 0 heterocycles. The van der Waals surface area contributed by atoms with E-state index >= 15 is 0 Å². The first-order valence-corrected chi connectivity index (χ1v) is 13.2. The Kier molecular flexibility index (Phi) is 10.1. The molecule has 208 valence electrons. The van der Waals surface area contributed by atoms with Crippen molar-refractivity contribution in [2.45, 2.75) is 67.9 Å². The first kappa shape index (κ1) is 30.8. The number of carbonyl (C=O) groups is 3. The second kappa shape index (κ2) is 12.4. The third-order valence-corrected chi connectivity index (χ3v) is 7.07. The SMILES string of the molecule is CC[N+](CC)(CC)COC(=O)N(C(=O)c1cccc(OC)c1C)N(C(=O)c1cc(C)cc(C)c1)C(C)(C)C. The number of benzene rings is 2. The van der Waals surface area contributed by atoms with Crippen molar-refractivity contribution in [3.63, 3.8) is 0 Å². The predicted octanol–water partition coefficient (Wildman–Crippen LogP) is 5.89. The van der Waals surface area contributed by atoms with Crippen LogP contribution in [-0.4, -0.2) is 71.4 Å². The van der Waals surface area contributed by atoms with Gasteiger partial charge in [0.1, 0.15) is 5.75 Å². The Bertz CT molecular complexity index is 1140. The van der Waals surface area contributed by atoms with Crippen molar-refractivity contribution in [2.75, 3.05) is 33.5 Å². The van der Waals surface area contributed by atoms with E-state index in [-0.39, 0.29) is 12.3 Å². The molecule has 0 saturated heterocycles. The predicted molar refractivity (Wildman–Crippen MR) is 149 cm³/mol. The number of methoxy groups -OCH3 is 1. The number of imide groups is 1. The monoisotopic (exact) mass is 526 g/mol. The molecule has 0 aliphatic carbocycles. The van der Waals surface area contributed by atoms with Crippen LogP contribution < -0.4 is 4.74 Å². The largest absolute Gasteiger partial charge is 0.496 e. The maximum absolute atomic E-state index is 14.1. The summed E-state index contributed by atoms with van der Waals surface area (Å²) < 4.78 is 11.8. The second-order valence-corrected chi connectivity index (χ2v) is 10.7. The van der Waals surface area contributed by atoms with Crippen LogP contribution in [0.2, 0.25) is 0 Å². The molecular formula is C30H44N3O5+. The van der Waals surface area contributed by atoms with Crippen molar-refractivity contribution in [1.82, 2.24) is 10.0 Å². The highest BCUT2D eigenvalue weighted by Crippen LogP contribution is 2.28. The molecule has 2 aromatic carbocycles. The molecule has 0 aliphatic rings. The van der Waals surface area contributed by atoms with Crippen LogP contribution in [0, 0.1) is 20.8 Å². The van der Waals surface area contributed by atoms with E-state index in [0.717, 1.165) is 35.8 Å². The van der Waals surface area contributed by atoms with Gasteiger partial charge in [-0.25, -0.2) is 9.80 Å². The fourth-order valence-electron chi connectivity index (χ4n) is 4.55. The molecule has 0 bridgehead atoms. The highest BCUT2D eigenvalue weighted by molar-refractivity contribution is 6.07. The Morgan fingerprint density at radius 3 is 1.89 bits per heavy atom. The van der Waals surface area contributed by atoms with Gasteiger partial charge in [-0.2, -0.15) is 0 Å². The van der Waals surface area contributed by atoms with Gasteiger partial charge in [0, 0.05) is 16.7 Å². The van der Waals surface area contributed by atoms with Crippen LogP contribution >= 0.6 is 0 Å². The molecule has 0 aliphatic heterocycles. The van der Waals surface area contributed by atoms with Crippen LogP contribution in [0.5, 0.6) is 5.75 Å². The van der Waals surface area contributed by atoms with Gasteiger partial charge in [-0.05, 0) is 86.6 Å². The van der Waals surface area contributed by atoms with E-state index in [9.17, 15) is 14.4 Å². The van der Waals surface area contributed by atoms with Crippen LogP contribution in [0.4, 0.5) is 4.79 Å². The zero-order chi connectivity index (χ0) is 28.8. The summed E-state index contributed by atoms with van der Waals surface area (Å²) in [6.07, 6.45) is -0.900. The van der Waals surface area contributed by atoms with Gasteiger partial charge in [-0.3, -0.25) is 14.1 Å². The van der Waals surface area contributed by atoms with Gasteiger partial charge in [0.05, 0.1) is 32.3 Å². The summed E-state index contributed by atoms with van der Waals surface area (Å²) in [5.74, 6) is -0.634. The summed E-state index contributed by atoms with van der Waals surface area (Å²) in [5, 5.41) is 2.07. The van der Waals surface area contributed by atoms with E-state index in [1.54, 1.807) is 58.0 Å². The Morgan fingerprint density at radius 2 is 1.42 bits per heavy atom. The quantitative estimate of drug-likeness (QED) is 0.244. The fourth-order valence-corrected chi connectivity index (χ4v) is 4.55. The number of amides is 3. The Hall–Kier alpha value is -3.39. The molecule has 8 nitrogen and oxygen atoms in total. The molecule has 0 N–H and O–H groups in total. The molecule has 0 atom stereocenters. The van der Waals surface area contributed by atoms with Gasteiger partial charge in [0.25, 0.3) is 11.8 Å². The van der Waals surface area contributed by atoms with Crippen molar-refractivity contribution in [2.24, 2.45) is 0 Å². The number of aryl methyl sites for hydroxylation is 2. The molecule has 0 aromatic heterocycles. The maximum atomic E-state index is 14.1. The van der Waals surface area contributed by atoms with Crippen LogP contribution in [0.25, 0.3) is 0 Å². The summed E-state index contributed by atoms with van der Waals surface area (Å²) >= 11 is 0. The van der Waals surface area contributed by atoms with Gasteiger partial charge in [-0.1, -0.05) is 23.3 Å². The van der Waals surface area contributed by atoms with Gasteiger partial charge >= 0.3 is 6.09 Å². The summed E-state index contributed by atoms with van der Waals surface area (Å²) in [4.78, 5) is 42.0. The van der Waals surface area contributed by atoms with E-state index in [1.807, 2.05) is 40.7 Å². The number of hydrazine groups is 1. The van der Waals surface area contributed by atoms with Crippen molar-refractivity contribution in [1.29, 1.82) is 0 Å². The molecule has 2 aromatic rings. The number of ether oxygens (including phenoxy) is 2. The van der Waals surface area contributed by atoms with Crippen molar-refractivity contribution in [3.8, 4) is 5.75 Å². The summed E-state index contributed by atoms with van der Waals surface area (Å²) in [7, 11) is 1.52. The lowest BCUT2D eigenvalue weighted by atomic mass is 10.0. The Balaban J connectivity index is 2.70. The van der Waals surface area contributed by atoms with E-state index < -0.39 is 23.4 Å². The number of quaternary nitrogens is 1. The van der Waals surface area contributed by atoms with E-state index in [2.05, 4.69) is 0 Å². The maximum Gasteiger partial charge on any atom is 0.440 e. The lowest BCUT2D eigenvalue weighted by Gasteiger charge is -2.42.